The largest absolute Gasteiger partial charge is 0.394 e. The molecule has 0 saturated carbocycles. The molecule has 0 saturated heterocycles. The van der Waals surface area contributed by atoms with E-state index in [-0.39, 0.29) is 25.0 Å². The zero-order valence-corrected chi connectivity index (χ0v) is 13.6. The molecule has 4 unspecified atom stereocenters. The van der Waals surface area contributed by atoms with Crippen molar-refractivity contribution in [1.29, 1.82) is 10.5 Å². The summed E-state index contributed by atoms with van der Waals surface area (Å²) in [5.41, 5.74) is 0. The Morgan fingerprint density at radius 3 is 1.41 bits per heavy atom. The zero-order chi connectivity index (χ0) is 16.8. The van der Waals surface area contributed by atoms with Crippen LogP contribution in [0.5, 0.6) is 0 Å². The van der Waals surface area contributed by atoms with Crippen LogP contribution in [0.25, 0.3) is 0 Å². The lowest BCUT2D eigenvalue weighted by molar-refractivity contribution is 0.228. The van der Waals surface area contributed by atoms with Crippen molar-refractivity contribution in [2.75, 3.05) is 13.2 Å². The Morgan fingerprint density at radius 2 is 1.18 bits per heavy atom. The fourth-order valence-electron chi connectivity index (χ4n) is 2.33. The second-order valence-electron chi connectivity index (χ2n) is 5.60. The Kier molecular flexibility index (Phi) is 12.3. The number of nitriles is 2. The summed E-state index contributed by atoms with van der Waals surface area (Å²) in [6.45, 7) is 3.69. The number of hydrogen-bond donors (Lipinski definition) is 2. The minimum atomic E-state index is -0.419. The zero-order valence-electron chi connectivity index (χ0n) is 13.6. The van der Waals surface area contributed by atoms with Gasteiger partial charge in [0.15, 0.2) is 0 Å². The van der Waals surface area contributed by atoms with Crippen LogP contribution >= 0.6 is 0 Å². The monoisotopic (exact) mass is 308 g/mol. The SMILES string of the molecule is CCCC(C#N)CC(CO)/N=N/C(CO)CC(C#N)CCC. The van der Waals surface area contributed by atoms with Crippen molar-refractivity contribution in [3.63, 3.8) is 0 Å². The minimum Gasteiger partial charge on any atom is -0.394 e. The number of nitrogens with zero attached hydrogens (tertiary/aromatic N) is 4. The van der Waals surface area contributed by atoms with E-state index in [1.54, 1.807) is 0 Å². The maximum absolute atomic E-state index is 9.36. The van der Waals surface area contributed by atoms with Crippen LogP contribution in [-0.4, -0.2) is 35.5 Å². The predicted octanol–water partition coefficient (Wildman–Crippen LogP) is 2.82. The van der Waals surface area contributed by atoms with E-state index in [1.165, 1.54) is 0 Å². The molecule has 0 aromatic carbocycles. The minimum absolute atomic E-state index is 0.138. The number of hydrogen-bond acceptors (Lipinski definition) is 6. The highest BCUT2D eigenvalue weighted by Crippen LogP contribution is 2.18. The summed E-state index contributed by atoms with van der Waals surface area (Å²) >= 11 is 0. The van der Waals surface area contributed by atoms with E-state index in [0.717, 1.165) is 25.7 Å². The van der Waals surface area contributed by atoms with Crippen molar-refractivity contribution in [2.45, 2.75) is 64.5 Å². The molecule has 0 spiro atoms. The topological polar surface area (TPSA) is 113 Å². The van der Waals surface area contributed by atoms with Crippen LogP contribution in [0.3, 0.4) is 0 Å². The molecule has 0 aromatic rings. The molecule has 0 radical (unpaired) electrons. The van der Waals surface area contributed by atoms with Gasteiger partial charge in [-0.05, 0) is 25.7 Å². The second kappa shape index (κ2) is 13.2. The van der Waals surface area contributed by atoms with Crippen molar-refractivity contribution < 1.29 is 10.2 Å². The summed E-state index contributed by atoms with van der Waals surface area (Å²) in [7, 11) is 0. The van der Waals surface area contributed by atoms with E-state index in [2.05, 4.69) is 22.4 Å². The fourth-order valence-corrected chi connectivity index (χ4v) is 2.33. The first-order valence-corrected chi connectivity index (χ1v) is 8.05. The Balaban J connectivity index is 4.58. The molecule has 0 aromatic heterocycles. The molecule has 0 aliphatic rings. The molecule has 0 aliphatic heterocycles. The van der Waals surface area contributed by atoms with E-state index in [9.17, 15) is 10.2 Å². The lowest BCUT2D eigenvalue weighted by Crippen LogP contribution is -2.18. The highest BCUT2D eigenvalue weighted by molar-refractivity contribution is 4.87. The van der Waals surface area contributed by atoms with Crippen molar-refractivity contribution in [3.8, 4) is 12.1 Å². The lowest BCUT2D eigenvalue weighted by Gasteiger charge is -2.15. The van der Waals surface area contributed by atoms with Gasteiger partial charge < -0.3 is 10.2 Å². The first-order valence-electron chi connectivity index (χ1n) is 8.05. The first kappa shape index (κ1) is 20.5. The standard InChI is InChI=1S/C16H28N4O2/c1-3-5-13(9-17)7-15(11-21)19-20-16(12-22)8-14(10-18)6-4-2/h13-16,21-22H,3-8,11-12H2,1-2H3/b20-19+. The van der Waals surface area contributed by atoms with Gasteiger partial charge in [-0.2, -0.15) is 20.8 Å². The van der Waals surface area contributed by atoms with Crippen molar-refractivity contribution in [3.05, 3.63) is 0 Å². The number of aliphatic hydroxyl groups excluding tert-OH is 2. The number of rotatable bonds is 12. The Morgan fingerprint density at radius 1 is 0.818 bits per heavy atom. The predicted molar refractivity (Wildman–Crippen MR) is 83.9 cm³/mol. The van der Waals surface area contributed by atoms with Gasteiger partial charge in [0.25, 0.3) is 0 Å². The van der Waals surface area contributed by atoms with Crippen LogP contribution in [0.15, 0.2) is 10.2 Å². The van der Waals surface area contributed by atoms with Crippen LogP contribution in [0, 0.1) is 34.5 Å². The molecule has 0 rings (SSSR count). The lowest BCUT2D eigenvalue weighted by atomic mass is 9.97. The molecule has 0 fully saturated rings. The molecule has 6 nitrogen and oxygen atoms in total. The van der Waals surface area contributed by atoms with Crippen LogP contribution in [0.2, 0.25) is 0 Å². The molecule has 0 aliphatic carbocycles. The Hall–Kier alpha value is -1.50. The quantitative estimate of drug-likeness (QED) is 0.540. The van der Waals surface area contributed by atoms with Crippen LogP contribution < -0.4 is 0 Å². The average molecular weight is 308 g/mol. The van der Waals surface area contributed by atoms with Gasteiger partial charge in [-0.15, -0.1) is 0 Å². The molecule has 0 heterocycles. The van der Waals surface area contributed by atoms with Crippen molar-refractivity contribution in [1.82, 2.24) is 0 Å². The molecule has 0 amide bonds. The van der Waals surface area contributed by atoms with Gasteiger partial charge in [-0.1, -0.05) is 26.7 Å². The fraction of sp³-hybridized carbons (Fsp3) is 0.875. The normalized spacial score (nSPS) is 16.6. The molecule has 0 bridgehead atoms. The molecule has 4 atom stereocenters. The smallest absolute Gasteiger partial charge is 0.0951 e. The van der Waals surface area contributed by atoms with Gasteiger partial charge >= 0.3 is 0 Å². The van der Waals surface area contributed by atoms with E-state index in [0.29, 0.717) is 12.8 Å². The van der Waals surface area contributed by atoms with E-state index in [1.807, 2.05) is 13.8 Å². The van der Waals surface area contributed by atoms with Crippen LogP contribution in [0.4, 0.5) is 0 Å². The Labute approximate surface area is 133 Å². The Bertz CT molecular complexity index is 351. The highest BCUT2D eigenvalue weighted by Gasteiger charge is 2.17. The summed E-state index contributed by atoms with van der Waals surface area (Å²) in [5.74, 6) is -0.277. The van der Waals surface area contributed by atoms with Crippen molar-refractivity contribution in [2.24, 2.45) is 22.1 Å². The maximum Gasteiger partial charge on any atom is 0.0951 e. The molecule has 22 heavy (non-hydrogen) atoms. The third-order valence-corrected chi connectivity index (χ3v) is 3.57. The summed E-state index contributed by atoms with van der Waals surface area (Å²) in [6.07, 6.45) is 4.32. The summed E-state index contributed by atoms with van der Waals surface area (Å²) in [5, 5.41) is 45.0. The number of azo groups is 1. The molecular weight excluding hydrogens is 280 g/mol. The van der Waals surface area contributed by atoms with Crippen LogP contribution in [-0.2, 0) is 0 Å². The second-order valence-corrected chi connectivity index (χ2v) is 5.60. The summed E-state index contributed by atoms with van der Waals surface area (Å²) in [6, 6.07) is 3.61. The third-order valence-electron chi connectivity index (χ3n) is 3.57. The van der Waals surface area contributed by atoms with E-state index < -0.39 is 12.1 Å². The van der Waals surface area contributed by atoms with Gasteiger partial charge in [-0.3, -0.25) is 0 Å². The molecule has 124 valence electrons. The van der Waals surface area contributed by atoms with E-state index in [4.69, 9.17) is 10.5 Å². The van der Waals surface area contributed by atoms with Gasteiger partial charge in [0.1, 0.15) is 0 Å². The van der Waals surface area contributed by atoms with Gasteiger partial charge in [0.05, 0.1) is 37.4 Å². The van der Waals surface area contributed by atoms with Crippen LogP contribution in [0.1, 0.15) is 52.4 Å². The summed E-state index contributed by atoms with van der Waals surface area (Å²) in [4.78, 5) is 0. The molecular formula is C16H28N4O2. The van der Waals surface area contributed by atoms with Crippen molar-refractivity contribution >= 4 is 0 Å². The van der Waals surface area contributed by atoms with Gasteiger partial charge in [0.2, 0.25) is 0 Å². The molecule has 2 N–H and O–H groups in total. The maximum atomic E-state index is 9.36. The average Bonchev–Trinajstić information content (AvgIpc) is 2.55. The van der Waals surface area contributed by atoms with Gasteiger partial charge in [-0.25, -0.2) is 0 Å². The number of aliphatic hydroxyl groups is 2. The first-order chi connectivity index (χ1) is 10.6. The molecule has 6 heteroatoms. The summed E-state index contributed by atoms with van der Waals surface area (Å²) < 4.78 is 0. The third kappa shape index (κ3) is 8.71. The highest BCUT2D eigenvalue weighted by atomic mass is 16.3. The van der Waals surface area contributed by atoms with E-state index >= 15 is 0 Å². The van der Waals surface area contributed by atoms with Gasteiger partial charge in [0, 0.05) is 11.8 Å².